The number of rotatable bonds is 6. The van der Waals surface area contributed by atoms with Crippen molar-refractivity contribution in [3.05, 3.63) is 47.5 Å². The minimum absolute atomic E-state index is 0.0633. The Morgan fingerprint density at radius 1 is 0.739 bits per heavy atom. The minimum atomic E-state index is -0.0703. The maximum absolute atomic E-state index is 9.09. The first kappa shape index (κ1) is 15.9. The lowest BCUT2D eigenvalue weighted by molar-refractivity contribution is 0.202. The van der Waals surface area contributed by atoms with E-state index in [0.29, 0.717) is 16.5 Å². The molecule has 0 heterocycles. The molecule has 0 saturated heterocycles. The summed E-state index contributed by atoms with van der Waals surface area (Å²) in [6.45, 7) is 0.270. The summed E-state index contributed by atoms with van der Waals surface area (Å²) in [4.78, 5) is 0. The van der Waals surface area contributed by atoms with E-state index in [4.69, 9.17) is 31.3 Å². The number of aliphatic hydroxyl groups is 2. The van der Waals surface area contributed by atoms with Crippen molar-refractivity contribution >= 4 is 33.1 Å². The molecule has 0 atom stereocenters. The van der Waals surface area contributed by atoms with Crippen LogP contribution in [0.25, 0.3) is 21.5 Å². The van der Waals surface area contributed by atoms with Crippen molar-refractivity contribution < 1.29 is 19.7 Å². The Balaban J connectivity index is 2.35. The van der Waals surface area contributed by atoms with E-state index in [1.165, 1.54) is 0 Å². The molecule has 0 aliphatic rings. The zero-order valence-electron chi connectivity index (χ0n) is 12.5. The van der Waals surface area contributed by atoms with Crippen molar-refractivity contribution in [1.82, 2.24) is 0 Å². The van der Waals surface area contributed by atoms with Gasteiger partial charge in [0, 0.05) is 26.6 Å². The zero-order chi connectivity index (χ0) is 16.2. The zero-order valence-corrected chi connectivity index (χ0v) is 13.2. The third-order valence-corrected chi connectivity index (χ3v) is 3.80. The van der Waals surface area contributed by atoms with E-state index >= 15 is 0 Å². The topological polar surface area (TPSA) is 58.9 Å². The van der Waals surface area contributed by atoms with Crippen LogP contribution in [0.15, 0.2) is 42.5 Å². The molecular weight excluding hydrogens is 316 g/mol. The highest BCUT2D eigenvalue weighted by Crippen LogP contribution is 2.43. The highest BCUT2D eigenvalue weighted by atomic mass is 35.5. The second-order valence-electron chi connectivity index (χ2n) is 5.04. The third-order valence-electron chi connectivity index (χ3n) is 3.56. The molecule has 0 bridgehead atoms. The summed E-state index contributed by atoms with van der Waals surface area (Å²) in [5.74, 6) is 1.36. The fourth-order valence-electron chi connectivity index (χ4n) is 2.68. The van der Waals surface area contributed by atoms with Gasteiger partial charge in [-0.25, -0.2) is 0 Å². The molecule has 3 aromatic rings. The lowest BCUT2D eigenvalue weighted by Crippen LogP contribution is -2.05. The predicted molar refractivity (Wildman–Crippen MR) is 91.6 cm³/mol. The summed E-state index contributed by atoms with van der Waals surface area (Å²) in [5.41, 5.74) is 0. The molecule has 5 heteroatoms. The Morgan fingerprint density at radius 2 is 1.26 bits per heavy atom. The normalized spacial score (nSPS) is 11.1. The molecule has 0 unspecified atom stereocenters. The first-order valence-corrected chi connectivity index (χ1v) is 7.75. The fourth-order valence-corrected chi connectivity index (χ4v) is 2.85. The Hall–Kier alpha value is -2.01. The van der Waals surface area contributed by atoms with Crippen molar-refractivity contribution in [3.8, 4) is 11.5 Å². The summed E-state index contributed by atoms with van der Waals surface area (Å²) in [7, 11) is 0. The van der Waals surface area contributed by atoms with Crippen LogP contribution in [0.5, 0.6) is 11.5 Å². The molecule has 23 heavy (non-hydrogen) atoms. The maximum atomic E-state index is 9.09. The second-order valence-corrected chi connectivity index (χ2v) is 5.47. The lowest BCUT2D eigenvalue weighted by atomic mass is 10.0. The number of hydrogen-bond acceptors (Lipinski definition) is 4. The lowest BCUT2D eigenvalue weighted by Gasteiger charge is -2.17. The highest BCUT2D eigenvalue weighted by molar-refractivity contribution is 6.31. The summed E-state index contributed by atoms with van der Waals surface area (Å²) in [5, 5.41) is 22.2. The third kappa shape index (κ3) is 3.06. The number of halogens is 1. The molecular formula is C18H17ClO4. The number of hydrogen-bond donors (Lipinski definition) is 2. The van der Waals surface area contributed by atoms with E-state index in [1.807, 2.05) is 36.4 Å². The van der Waals surface area contributed by atoms with Gasteiger partial charge in [0.15, 0.2) is 0 Å². The fraction of sp³-hybridized carbons (Fsp3) is 0.222. The maximum Gasteiger partial charge on any atom is 0.135 e. The van der Waals surface area contributed by atoms with E-state index in [9.17, 15) is 0 Å². The van der Waals surface area contributed by atoms with Crippen molar-refractivity contribution in [1.29, 1.82) is 0 Å². The SMILES string of the molecule is OCCOc1c2ccccc2c(OCCO)c2cc(Cl)ccc12. The van der Waals surface area contributed by atoms with Gasteiger partial charge in [-0.2, -0.15) is 0 Å². The number of fused-ring (bicyclic) bond motifs is 2. The van der Waals surface area contributed by atoms with Crippen LogP contribution < -0.4 is 9.47 Å². The highest BCUT2D eigenvalue weighted by Gasteiger charge is 2.16. The van der Waals surface area contributed by atoms with Gasteiger partial charge in [0.2, 0.25) is 0 Å². The summed E-state index contributed by atoms with van der Waals surface area (Å²) in [6.07, 6.45) is 0. The Labute approximate surface area is 138 Å². The van der Waals surface area contributed by atoms with Crippen LogP contribution in [0.2, 0.25) is 5.02 Å². The van der Waals surface area contributed by atoms with Crippen molar-refractivity contribution in [2.75, 3.05) is 26.4 Å². The molecule has 0 aliphatic carbocycles. The van der Waals surface area contributed by atoms with Crippen LogP contribution in [-0.4, -0.2) is 36.6 Å². The quantitative estimate of drug-likeness (QED) is 0.679. The van der Waals surface area contributed by atoms with E-state index in [-0.39, 0.29) is 26.4 Å². The first-order valence-electron chi connectivity index (χ1n) is 7.37. The molecule has 0 aromatic heterocycles. The van der Waals surface area contributed by atoms with E-state index in [2.05, 4.69) is 0 Å². The molecule has 0 amide bonds. The van der Waals surface area contributed by atoms with Crippen LogP contribution in [-0.2, 0) is 0 Å². The van der Waals surface area contributed by atoms with Gasteiger partial charge in [-0.15, -0.1) is 0 Å². The number of ether oxygens (including phenoxy) is 2. The Bertz CT molecular complexity index is 832. The van der Waals surface area contributed by atoms with Crippen molar-refractivity contribution in [3.63, 3.8) is 0 Å². The van der Waals surface area contributed by atoms with Gasteiger partial charge in [-0.05, 0) is 18.2 Å². The molecule has 3 aromatic carbocycles. The van der Waals surface area contributed by atoms with Gasteiger partial charge in [0.1, 0.15) is 24.7 Å². The average Bonchev–Trinajstić information content (AvgIpc) is 2.58. The molecule has 0 saturated carbocycles. The van der Waals surface area contributed by atoms with Gasteiger partial charge in [0.05, 0.1) is 13.2 Å². The first-order chi connectivity index (χ1) is 11.3. The van der Waals surface area contributed by atoms with E-state index < -0.39 is 0 Å². The summed E-state index contributed by atoms with van der Waals surface area (Å²) in [6, 6.07) is 13.2. The number of benzene rings is 3. The van der Waals surface area contributed by atoms with Crippen molar-refractivity contribution in [2.24, 2.45) is 0 Å². The molecule has 0 fully saturated rings. The molecule has 0 spiro atoms. The van der Waals surface area contributed by atoms with Crippen LogP contribution >= 0.6 is 11.6 Å². The molecule has 0 radical (unpaired) electrons. The second kappa shape index (κ2) is 7.04. The minimum Gasteiger partial charge on any atom is -0.490 e. The smallest absolute Gasteiger partial charge is 0.135 e. The predicted octanol–water partition coefficient (Wildman–Crippen LogP) is 3.39. The van der Waals surface area contributed by atoms with Crippen molar-refractivity contribution in [2.45, 2.75) is 0 Å². The standard InChI is InChI=1S/C18H17ClO4/c19-12-5-6-15-16(11-12)18(23-10-8-21)14-4-2-1-3-13(14)17(15)22-9-7-20/h1-6,11,20-21H,7-10H2. The average molecular weight is 333 g/mol. The summed E-state index contributed by atoms with van der Waals surface area (Å²) >= 11 is 6.15. The molecule has 4 nitrogen and oxygen atoms in total. The van der Waals surface area contributed by atoms with Crippen LogP contribution in [0.4, 0.5) is 0 Å². The Kier molecular flexibility index (Phi) is 4.86. The van der Waals surface area contributed by atoms with Crippen LogP contribution in [0.3, 0.4) is 0 Å². The molecule has 0 aliphatic heterocycles. The number of aliphatic hydroxyl groups excluding tert-OH is 2. The van der Waals surface area contributed by atoms with Crippen LogP contribution in [0.1, 0.15) is 0 Å². The van der Waals surface area contributed by atoms with Gasteiger partial charge < -0.3 is 19.7 Å². The van der Waals surface area contributed by atoms with Gasteiger partial charge in [-0.3, -0.25) is 0 Å². The van der Waals surface area contributed by atoms with Gasteiger partial charge in [-0.1, -0.05) is 35.9 Å². The van der Waals surface area contributed by atoms with Gasteiger partial charge in [0.25, 0.3) is 0 Å². The Morgan fingerprint density at radius 3 is 1.83 bits per heavy atom. The van der Waals surface area contributed by atoms with Gasteiger partial charge >= 0.3 is 0 Å². The molecule has 3 rings (SSSR count). The molecule has 120 valence electrons. The monoisotopic (exact) mass is 332 g/mol. The summed E-state index contributed by atoms with van der Waals surface area (Å²) < 4.78 is 11.6. The van der Waals surface area contributed by atoms with E-state index in [0.717, 1.165) is 21.5 Å². The van der Waals surface area contributed by atoms with Crippen LogP contribution in [0, 0.1) is 0 Å². The largest absolute Gasteiger partial charge is 0.490 e. The van der Waals surface area contributed by atoms with E-state index in [1.54, 1.807) is 6.07 Å². The molecule has 2 N–H and O–H groups in total.